The van der Waals surface area contributed by atoms with Gasteiger partial charge < -0.3 is 5.32 Å². The van der Waals surface area contributed by atoms with Crippen LogP contribution in [-0.4, -0.2) is 15.0 Å². The van der Waals surface area contributed by atoms with Gasteiger partial charge in [-0.05, 0) is 37.1 Å². The second-order valence-electron chi connectivity index (χ2n) is 3.64. The summed E-state index contributed by atoms with van der Waals surface area (Å²) in [5, 5.41) is 3.25. The summed E-state index contributed by atoms with van der Waals surface area (Å²) in [6.45, 7) is 4.68. The first-order valence-electron chi connectivity index (χ1n) is 5.19. The van der Waals surface area contributed by atoms with Gasteiger partial charge in [-0.1, -0.05) is 0 Å². The minimum atomic E-state index is 0.732. The molecule has 2 aromatic rings. The third-order valence-electron chi connectivity index (χ3n) is 2.38. The minimum absolute atomic E-state index is 0.732. The Morgan fingerprint density at radius 3 is 2.81 bits per heavy atom. The van der Waals surface area contributed by atoms with Crippen LogP contribution in [0.15, 0.2) is 30.7 Å². The maximum atomic E-state index is 4.28. The number of anilines is 1. The number of hydrogen-bond acceptors (Lipinski definition) is 4. The molecule has 0 bridgehead atoms. The number of nitrogens with zero attached hydrogens (tertiary/aromatic N) is 3. The number of nitrogens with one attached hydrogen (secondary N) is 1. The highest BCUT2D eigenvalue weighted by molar-refractivity contribution is 5.35. The molecule has 0 aliphatic carbocycles. The highest BCUT2D eigenvalue weighted by Gasteiger charge is 1.98. The van der Waals surface area contributed by atoms with Gasteiger partial charge >= 0.3 is 0 Å². The molecule has 0 spiro atoms. The molecule has 0 saturated heterocycles. The van der Waals surface area contributed by atoms with Gasteiger partial charge in [-0.3, -0.25) is 4.98 Å². The van der Waals surface area contributed by atoms with Crippen LogP contribution in [0.5, 0.6) is 0 Å². The molecule has 0 aromatic carbocycles. The van der Waals surface area contributed by atoms with Crippen molar-refractivity contribution < 1.29 is 0 Å². The van der Waals surface area contributed by atoms with E-state index in [1.807, 2.05) is 25.3 Å². The van der Waals surface area contributed by atoms with Crippen LogP contribution < -0.4 is 5.32 Å². The van der Waals surface area contributed by atoms with Crippen LogP contribution >= 0.6 is 0 Å². The van der Waals surface area contributed by atoms with Crippen LogP contribution in [0.2, 0.25) is 0 Å². The predicted octanol–water partition coefficient (Wildman–Crippen LogP) is 2.10. The molecule has 0 atom stereocenters. The van der Waals surface area contributed by atoms with E-state index >= 15 is 0 Å². The van der Waals surface area contributed by atoms with Crippen molar-refractivity contribution in [2.45, 2.75) is 20.4 Å². The summed E-state index contributed by atoms with van der Waals surface area (Å²) in [6.07, 6.45) is 5.42. The Balaban J connectivity index is 2.05. The average molecular weight is 214 g/mol. The Kier molecular flexibility index (Phi) is 3.10. The smallest absolute Gasteiger partial charge is 0.129 e. The van der Waals surface area contributed by atoms with Crippen molar-refractivity contribution in [3.8, 4) is 0 Å². The maximum Gasteiger partial charge on any atom is 0.129 e. The lowest BCUT2D eigenvalue weighted by molar-refractivity contribution is 1.01. The SMILES string of the molecule is Cc1nccc(NCc2cnccc2C)n1. The number of hydrogen-bond donors (Lipinski definition) is 1. The van der Waals surface area contributed by atoms with E-state index in [4.69, 9.17) is 0 Å². The number of aromatic nitrogens is 3. The van der Waals surface area contributed by atoms with E-state index < -0.39 is 0 Å². The van der Waals surface area contributed by atoms with E-state index in [0.717, 1.165) is 18.2 Å². The summed E-state index contributed by atoms with van der Waals surface area (Å²) in [4.78, 5) is 12.4. The molecular weight excluding hydrogens is 200 g/mol. The molecule has 2 aromatic heterocycles. The zero-order valence-corrected chi connectivity index (χ0v) is 9.44. The third-order valence-corrected chi connectivity index (χ3v) is 2.38. The van der Waals surface area contributed by atoms with Crippen LogP contribution in [0.4, 0.5) is 5.82 Å². The number of pyridine rings is 1. The van der Waals surface area contributed by atoms with Crippen molar-refractivity contribution in [3.05, 3.63) is 47.7 Å². The molecule has 0 amide bonds. The van der Waals surface area contributed by atoms with Crippen LogP contribution in [0.3, 0.4) is 0 Å². The fourth-order valence-corrected chi connectivity index (χ4v) is 1.42. The van der Waals surface area contributed by atoms with Crippen molar-refractivity contribution in [3.63, 3.8) is 0 Å². The second-order valence-corrected chi connectivity index (χ2v) is 3.64. The summed E-state index contributed by atoms with van der Waals surface area (Å²) in [5.41, 5.74) is 2.41. The van der Waals surface area contributed by atoms with Crippen LogP contribution in [-0.2, 0) is 6.54 Å². The van der Waals surface area contributed by atoms with Gasteiger partial charge in [0, 0.05) is 25.1 Å². The highest BCUT2D eigenvalue weighted by atomic mass is 15.0. The molecule has 4 nitrogen and oxygen atoms in total. The normalized spacial score (nSPS) is 10.1. The van der Waals surface area contributed by atoms with Gasteiger partial charge in [0.1, 0.15) is 11.6 Å². The van der Waals surface area contributed by atoms with Crippen LogP contribution in [0, 0.1) is 13.8 Å². The minimum Gasteiger partial charge on any atom is -0.366 e. The van der Waals surface area contributed by atoms with Gasteiger partial charge in [-0.15, -0.1) is 0 Å². The first-order chi connectivity index (χ1) is 7.75. The van der Waals surface area contributed by atoms with Gasteiger partial charge in [0.05, 0.1) is 0 Å². The molecule has 4 heteroatoms. The standard InChI is InChI=1S/C12H14N4/c1-9-3-5-13-7-11(9)8-15-12-4-6-14-10(2)16-12/h3-7H,8H2,1-2H3,(H,14,15,16). The zero-order valence-electron chi connectivity index (χ0n) is 9.44. The van der Waals surface area contributed by atoms with Crippen LogP contribution in [0.25, 0.3) is 0 Å². The summed E-state index contributed by atoms with van der Waals surface area (Å²) < 4.78 is 0. The van der Waals surface area contributed by atoms with E-state index in [2.05, 4.69) is 27.2 Å². The molecule has 0 radical (unpaired) electrons. The Labute approximate surface area is 94.8 Å². The fourth-order valence-electron chi connectivity index (χ4n) is 1.42. The summed E-state index contributed by atoms with van der Waals surface area (Å²) in [7, 11) is 0. The lowest BCUT2D eigenvalue weighted by atomic mass is 10.1. The first kappa shape index (κ1) is 10.5. The topological polar surface area (TPSA) is 50.7 Å². The van der Waals surface area contributed by atoms with E-state index in [0.29, 0.717) is 0 Å². The molecule has 0 aliphatic heterocycles. The molecule has 0 aliphatic rings. The summed E-state index contributed by atoms with van der Waals surface area (Å²) >= 11 is 0. The van der Waals surface area contributed by atoms with E-state index in [-0.39, 0.29) is 0 Å². The molecular formula is C12H14N4. The Hall–Kier alpha value is -1.97. The average Bonchev–Trinajstić information content (AvgIpc) is 2.28. The van der Waals surface area contributed by atoms with Gasteiger partial charge in [0.2, 0.25) is 0 Å². The summed E-state index contributed by atoms with van der Waals surface area (Å²) in [6, 6.07) is 3.86. The Morgan fingerprint density at radius 1 is 1.19 bits per heavy atom. The zero-order chi connectivity index (χ0) is 11.4. The largest absolute Gasteiger partial charge is 0.366 e. The lowest BCUT2D eigenvalue weighted by Crippen LogP contribution is -2.04. The van der Waals surface area contributed by atoms with Gasteiger partial charge in [-0.2, -0.15) is 0 Å². The van der Waals surface area contributed by atoms with Crippen molar-refractivity contribution >= 4 is 5.82 Å². The van der Waals surface area contributed by atoms with Crippen molar-refractivity contribution in [2.24, 2.45) is 0 Å². The number of rotatable bonds is 3. The number of aryl methyl sites for hydroxylation is 2. The molecule has 2 rings (SSSR count). The quantitative estimate of drug-likeness (QED) is 0.850. The monoisotopic (exact) mass is 214 g/mol. The van der Waals surface area contributed by atoms with Crippen LogP contribution in [0.1, 0.15) is 17.0 Å². The van der Waals surface area contributed by atoms with Crippen molar-refractivity contribution in [2.75, 3.05) is 5.32 Å². The molecule has 16 heavy (non-hydrogen) atoms. The second kappa shape index (κ2) is 4.70. The molecule has 0 saturated carbocycles. The van der Waals surface area contributed by atoms with Gasteiger partial charge in [0.25, 0.3) is 0 Å². The maximum absolute atomic E-state index is 4.28. The van der Waals surface area contributed by atoms with E-state index in [9.17, 15) is 0 Å². The van der Waals surface area contributed by atoms with E-state index in [1.54, 1.807) is 12.4 Å². The molecule has 2 heterocycles. The third kappa shape index (κ3) is 2.53. The highest BCUT2D eigenvalue weighted by Crippen LogP contribution is 2.08. The first-order valence-corrected chi connectivity index (χ1v) is 5.19. The predicted molar refractivity (Wildman–Crippen MR) is 63.1 cm³/mol. The van der Waals surface area contributed by atoms with Crippen molar-refractivity contribution in [1.82, 2.24) is 15.0 Å². The molecule has 0 fully saturated rings. The Bertz CT molecular complexity index is 482. The molecule has 1 N–H and O–H groups in total. The fraction of sp³-hybridized carbons (Fsp3) is 0.250. The Morgan fingerprint density at radius 2 is 2.06 bits per heavy atom. The summed E-state index contributed by atoms with van der Waals surface area (Å²) in [5.74, 6) is 1.61. The molecule has 82 valence electrons. The van der Waals surface area contributed by atoms with E-state index in [1.165, 1.54) is 11.1 Å². The van der Waals surface area contributed by atoms with Gasteiger partial charge in [0.15, 0.2) is 0 Å². The molecule has 0 unspecified atom stereocenters. The lowest BCUT2D eigenvalue weighted by Gasteiger charge is -2.07. The van der Waals surface area contributed by atoms with Gasteiger partial charge in [-0.25, -0.2) is 9.97 Å². The van der Waals surface area contributed by atoms with Crippen molar-refractivity contribution in [1.29, 1.82) is 0 Å².